The number of aromatic nitrogens is 2. The minimum Gasteiger partial charge on any atom is -0.497 e. The van der Waals surface area contributed by atoms with Crippen molar-refractivity contribution < 1.29 is 13.9 Å². The monoisotopic (exact) mass is 432 g/mol. The van der Waals surface area contributed by atoms with Crippen molar-refractivity contribution in [3.63, 3.8) is 0 Å². The number of nitrogens with one attached hydrogen (secondary N) is 2. The Morgan fingerprint density at radius 2 is 1.72 bits per heavy atom. The Kier molecular flexibility index (Phi) is 6.12. The number of nitrogens with zero attached hydrogens (tertiary/aromatic N) is 2. The van der Waals surface area contributed by atoms with Crippen LogP contribution in [0, 0.1) is 5.82 Å². The molecule has 0 aliphatic carbocycles. The maximum Gasteiger partial charge on any atom is 0.349 e. The highest BCUT2D eigenvalue weighted by Crippen LogP contribution is 2.22. The quantitative estimate of drug-likeness (QED) is 0.472. The summed E-state index contributed by atoms with van der Waals surface area (Å²) in [5.74, 6) is 0.479. The Hall–Kier alpha value is -4.20. The number of benzene rings is 3. The summed E-state index contributed by atoms with van der Waals surface area (Å²) < 4.78 is 20.5. The van der Waals surface area contributed by atoms with Gasteiger partial charge >= 0.3 is 11.7 Å². The largest absolute Gasteiger partial charge is 0.497 e. The van der Waals surface area contributed by atoms with Gasteiger partial charge in [-0.3, -0.25) is 9.88 Å². The summed E-state index contributed by atoms with van der Waals surface area (Å²) in [6.45, 7) is 0.290. The molecule has 8 heteroatoms. The minimum absolute atomic E-state index is 0.0375. The molecule has 4 aromatic rings. The normalized spacial score (nSPS) is 10.7. The van der Waals surface area contributed by atoms with Crippen LogP contribution in [0.3, 0.4) is 0 Å². The van der Waals surface area contributed by atoms with Crippen molar-refractivity contribution in [2.45, 2.75) is 13.0 Å². The van der Waals surface area contributed by atoms with Gasteiger partial charge in [0.1, 0.15) is 17.4 Å². The zero-order valence-corrected chi connectivity index (χ0v) is 17.3. The van der Waals surface area contributed by atoms with E-state index in [1.54, 1.807) is 37.4 Å². The van der Waals surface area contributed by atoms with Crippen molar-refractivity contribution in [1.82, 2.24) is 9.55 Å². The maximum atomic E-state index is 13.9. The van der Waals surface area contributed by atoms with Crippen LogP contribution in [0.15, 0.2) is 77.6 Å². The van der Waals surface area contributed by atoms with Crippen LogP contribution in [-0.4, -0.2) is 22.7 Å². The number of carbonyl (C=O) groups excluding carboxylic acids is 1. The first-order valence-corrected chi connectivity index (χ1v) is 10.00. The predicted molar refractivity (Wildman–Crippen MR) is 122 cm³/mol. The van der Waals surface area contributed by atoms with E-state index in [-0.39, 0.29) is 12.2 Å². The molecule has 7 nitrogen and oxygen atoms in total. The summed E-state index contributed by atoms with van der Waals surface area (Å²) in [5.41, 5.74) is 1.00. The molecule has 0 aliphatic heterocycles. The van der Waals surface area contributed by atoms with E-state index in [4.69, 9.17) is 4.74 Å². The number of methoxy groups -OCH3 is 1. The Morgan fingerprint density at radius 1 is 1.00 bits per heavy atom. The molecule has 0 spiro atoms. The van der Waals surface area contributed by atoms with E-state index in [1.807, 2.05) is 24.3 Å². The lowest BCUT2D eigenvalue weighted by Gasteiger charge is -2.16. The molecule has 4 rings (SSSR count). The van der Waals surface area contributed by atoms with E-state index < -0.39 is 17.5 Å². The second-order valence-electron chi connectivity index (χ2n) is 7.07. The van der Waals surface area contributed by atoms with E-state index in [0.29, 0.717) is 23.1 Å². The van der Waals surface area contributed by atoms with Crippen molar-refractivity contribution in [1.29, 1.82) is 0 Å². The average Bonchev–Trinajstić information content (AvgIpc) is 2.80. The SMILES string of the molecule is COc1ccc(CCn2c(NC(=O)Nc3ccccc3F)c3ccccc3nc2=O)cc1. The average molecular weight is 432 g/mol. The highest BCUT2D eigenvalue weighted by Gasteiger charge is 2.15. The third kappa shape index (κ3) is 4.59. The third-order valence-corrected chi connectivity index (χ3v) is 5.01. The van der Waals surface area contributed by atoms with Crippen molar-refractivity contribution in [3.8, 4) is 5.75 Å². The zero-order chi connectivity index (χ0) is 22.5. The second kappa shape index (κ2) is 9.30. The number of halogens is 1. The fraction of sp³-hybridized carbons (Fsp3) is 0.125. The molecule has 3 aromatic carbocycles. The van der Waals surface area contributed by atoms with Gasteiger partial charge in [0.2, 0.25) is 0 Å². The summed E-state index contributed by atoms with van der Waals surface area (Å²) in [4.78, 5) is 29.6. The van der Waals surface area contributed by atoms with E-state index in [2.05, 4.69) is 15.6 Å². The van der Waals surface area contributed by atoms with Gasteiger partial charge in [0.05, 0.1) is 18.3 Å². The summed E-state index contributed by atoms with van der Waals surface area (Å²) in [6, 6.07) is 19.7. The summed E-state index contributed by atoms with van der Waals surface area (Å²) in [6.07, 6.45) is 0.535. The fourth-order valence-corrected chi connectivity index (χ4v) is 3.37. The maximum absolute atomic E-state index is 13.9. The first-order valence-electron chi connectivity index (χ1n) is 10.00. The van der Waals surface area contributed by atoms with Crippen LogP contribution in [0.5, 0.6) is 5.75 Å². The van der Waals surface area contributed by atoms with Gasteiger partial charge in [-0.05, 0) is 48.4 Å². The van der Waals surface area contributed by atoms with Crippen molar-refractivity contribution in [3.05, 3.63) is 94.7 Å². The van der Waals surface area contributed by atoms with Gasteiger partial charge in [0.15, 0.2) is 0 Å². The molecule has 0 bridgehead atoms. The van der Waals surface area contributed by atoms with Gasteiger partial charge < -0.3 is 10.1 Å². The van der Waals surface area contributed by atoms with Gasteiger partial charge in [-0.15, -0.1) is 0 Å². The predicted octanol–water partition coefficient (Wildman–Crippen LogP) is 4.43. The number of carbonyl (C=O) groups is 1. The lowest BCUT2D eigenvalue weighted by Crippen LogP contribution is -2.30. The number of anilines is 2. The number of para-hydroxylation sites is 2. The molecule has 0 saturated heterocycles. The molecule has 0 aliphatic rings. The van der Waals surface area contributed by atoms with E-state index in [0.717, 1.165) is 11.3 Å². The van der Waals surface area contributed by atoms with Gasteiger partial charge in [-0.1, -0.05) is 36.4 Å². The molecule has 2 amide bonds. The Morgan fingerprint density at radius 3 is 2.47 bits per heavy atom. The van der Waals surface area contributed by atoms with Gasteiger partial charge in [0.25, 0.3) is 0 Å². The Bertz CT molecular complexity index is 1320. The molecule has 0 fully saturated rings. The van der Waals surface area contributed by atoms with Crippen LogP contribution in [0.2, 0.25) is 0 Å². The zero-order valence-electron chi connectivity index (χ0n) is 17.3. The van der Waals surface area contributed by atoms with Crippen LogP contribution in [0.1, 0.15) is 5.56 Å². The molecule has 162 valence electrons. The Labute approximate surface area is 183 Å². The van der Waals surface area contributed by atoms with Gasteiger partial charge in [-0.25, -0.2) is 14.0 Å². The standard InChI is InChI=1S/C24H21FN4O3/c1-32-17-12-10-16(11-13-17)14-15-29-22(18-6-2-4-8-20(18)27-24(29)31)28-23(30)26-21-9-5-3-7-19(21)25/h2-13H,14-15H2,1H3,(H2,26,28,30). The first-order chi connectivity index (χ1) is 15.5. The molecule has 0 unspecified atom stereocenters. The number of hydrogen-bond acceptors (Lipinski definition) is 4. The molecule has 0 atom stereocenters. The highest BCUT2D eigenvalue weighted by atomic mass is 19.1. The summed E-state index contributed by atoms with van der Waals surface area (Å²) in [5, 5.41) is 5.79. The Balaban J connectivity index is 1.65. The van der Waals surface area contributed by atoms with Crippen LogP contribution >= 0.6 is 0 Å². The van der Waals surface area contributed by atoms with Gasteiger partial charge in [-0.2, -0.15) is 4.98 Å². The lowest BCUT2D eigenvalue weighted by molar-refractivity contribution is 0.262. The number of aryl methyl sites for hydroxylation is 1. The lowest BCUT2D eigenvalue weighted by atomic mass is 10.1. The van der Waals surface area contributed by atoms with Crippen molar-refractivity contribution in [2.75, 3.05) is 17.7 Å². The van der Waals surface area contributed by atoms with E-state index >= 15 is 0 Å². The van der Waals surface area contributed by atoms with E-state index in [1.165, 1.54) is 22.8 Å². The van der Waals surface area contributed by atoms with Crippen molar-refractivity contribution in [2.24, 2.45) is 0 Å². The minimum atomic E-state index is -0.663. The highest BCUT2D eigenvalue weighted by molar-refractivity contribution is 6.04. The molecule has 1 heterocycles. The van der Waals surface area contributed by atoms with Crippen LogP contribution in [0.25, 0.3) is 10.9 Å². The van der Waals surface area contributed by atoms with Crippen LogP contribution < -0.4 is 21.1 Å². The number of urea groups is 1. The molecular formula is C24H21FN4O3. The summed E-state index contributed by atoms with van der Waals surface area (Å²) in [7, 11) is 1.60. The number of ether oxygens (including phenoxy) is 1. The van der Waals surface area contributed by atoms with E-state index in [9.17, 15) is 14.0 Å². The number of fused-ring (bicyclic) bond motifs is 1. The van der Waals surface area contributed by atoms with Gasteiger partial charge in [0, 0.05) is 11.9 Å². The summed E-state index contributed by atoms with van der Waals surface area (Å²) >= 11 is 0. The van der Waals surface area contributed by atoms with Crippen LogP contribution in [0.4, 0.5) is 20.7 Å². The molecule has 2 N–H and O–H groups in total. The number of hydrogen-bond donors (Lipinski definition) is 2. The number of rotatable bonds is 6. The molecule has 0 saturated carbocycles. The third-order valence-electron chi connectivity index (χ3n) is 5.01. The fourth-order valence-electron chi connectivity index (χ4n) is 3.37. The van der Waals surface area contributed by atoms with Crippen molar-refractivity contribution >= 4 is 28.4 Å². The first kappa shape index (κ1) is 21.0. The molecule has 32 heavy (non-hydrogen) atoms. The van der Waals surface area contributed by atoms with Crippen LogP contribution in [-0.2, 0) is 13.0 Å². The number of amides is 2. The molecular weight excluding hydrogens is 411 g/mol. The smallest absolute Gasteiger partial charge is 0.349 e. The topological polar surface area (TPSA) is 85.2 Å². The second-order valence-corrected chi connectivity index (χ2v) is 7.07. The molecule has 0 radical (unpaired) electrons. The molecule has 1 aromatic heterocycles.